The number of aryl methyl sites for hydroxylation is 1. The molecule has 0 unspecified atom stereocenters. The molecule has 0 radical (unpaired) electrons. The van der Waals surface area contributed by atoms with Crippen LogP contribution in [0.15, 0.2) is 36.4 Å². The Hall–Kier alpha value is -3.40. The van der Waals surface area contributed by atoms with Crippen LogP contribution in [0.3, 0.4) is 0 Å². The van der Waals surface area contributed by atoms with E-state index in [-0.39, 0.29) is 16.7 Å². The summed E-state index contributed by atoms with van der Waals surface area (Å²) in [5.41, 5.74) is -0.768. The highest BCUT2D eigenvalue weighted by molar-refractivity contribution is 5.97. The summed E-state index contributed by atoms with van der Waals surface area (Å²) in [7, 11) is 0. The van der Waals surface area contributed by atoms with Gasteiger partial charge in [0, 0.05) is 6.07 Å². The first-order chi connectivity index (χ1) is 13.8. The number of esters is 1. The van der Waals surface area contributed by atoms with E-state index >= 15 is 0 Å². The van der Waals surface area contributed by atoms with Gasteiger partial charge in [-0.2, -0.15) is 5.26 Å². The number of nitriles is 1. The van der Waals surface area contributed by atoms with Gasteiger partial charge < -0.3 is 4.74 Å². The van der Waals surface area contributed by atoms with E-state index in [1.165, 1.54) is 6.07 Å². The van der Waals surface area contributed by atoms with Crippen molar-refractivity contribution in [3.63, 3.8) is 0 Å². The van der Waals surface area contributed by atoms with E-state index in [2.05, 4.69) is 0 Å². The van der Waals surface area contributed by atoms with Crippen LogP contribution in [0, 0.1) is 34.6 Å². The van der Waals surface area contributed by atoms with Crippen LogP contribution in [0.4, 0.5) is 17.6 Å². The van der Waals surface area contributed by atoms with Crippen molar-refractivity contribution < 1.29 is 27.1 Å². The standard InChI is InChI=1S/C22H15F4NO2/c1-2-3-4-12-7-14-9-18(25)20(21(26)19(14)17(24)8-12)22(28)29-15-6-5-13(11-27)16(23)10-15/h5-10H,2-4H2,1H3. The van der Waals surface area contributed by atoms with Gasteiger partial charge in [-0.05, 0) is 48.1 Å². The molecule has 0 bridgehead atoms. The van der Waals surface area contributed by atoms with Crippen LogP contribution in [-0.4, -0.2) is 5.97 Å². The lowest BCUT2D eigenvalue weighted by molar-refractivity contribution is 0.0724. The molecule has 0 aliphatic rings. The summed E-state index contributed by atoms with van der Waals surface area (Å²) in [6.45, 7) is 1.97. The second-order valence-electron chi connectivity index (χ2n) is 6.47. The summed E-state index contributed by atoms with van der Waals surface area (Å²) in [4.78, 5) is 12.3. The molecule has 0 atom stereocenters. The van der Waals surface area contributed by atoms with Gasteiger partial charge in [0.2, 0.25) is 0 Å². The van der Waals surface area contributed by atoms with Crippen molar-refractivity contribution in [2.45, 2.75) is 26.2 Å². The Morgan fingerprint density at radius 3 is 2.45 bits per heavy atom. The molecular formula is C22H15F4NO2. The average molecular weight is 401 g/mol. The zero-order valence-corrected chi connectivity index (χ0v) is 15.4. The first-order valence-electron chi connectivity index (χ1n) is 8.87. The Morgan fingerprint density at radius 1 is 1.03 bits per heavy atom. The molecule has 0 saturated carbocycles. The topological polar surface area (TPSA) is 50.1 Å². The minimum atomic E-state index is -1.44. The van der Waals surface area contributed by atoms with E-state index in [1.54, 1.807) is 6.07 Å². The zero-order valence-electron chi connectivity index (χ0n) is 15.4. The van der Waals surface area contributed by atoms with Crippen LogP contribution in [0.1, 0.15) is 41.3 Å². The molecule has 148 valence electrons. The zero-order chi connectivity index (χ0) is 21.1. The SMILES string of the molecule is CCCCc1cc(F)c2c(F)c(C(=O)Oc3ccc(C#N)c(F)c3)c(F)cc2c1. The van der Waals surface area contributed by atoms with E-state index in [4.69, 9.17) is 10.00 Å². The van der Waals surface area contributed by atoms with Crippen LogP contribution in [0.5, 0.6) is 5.75 Å². The molecule has 7 heteroatoms. The number of unbranched alkanes of at least 4 members (excludes halogenated alkanes) is 1. The van der Waals surface area contributed by atoms with Crippen molar-refractivity contribution in [1.29, 1.82) is 5.26 Å². The molecule has 0 aliphatic carbocycles. The lowest BCUT2D eigenvalue weighted by Gasteiger charge is -2.11. The molecule has 0 N–H and O–H groups in total. The van der Waals surface area contributed by atoms with Gasteiger partial charge in [0.05, 0.1) is 10.9 Å². The number of nitrogens with zero attached hydrogens (tertiary/aromatic N) is 1. The second kappa shape index (κ2) is 8.31. The van der Waals surface area contributed by atoms with Gasteiger partial charge in [-0.3, -0.25) is 0 Å². The molecule has 3 rings (SSSR count). The van der Waals surface area contributed by atoms with E-state index in [0.29, 0.717) is 12.0 Å². The Bertz CT molecular complexity index is 1150. The maximum atomic E-state index is 14.8. The third-order valence-electron chi connectivity index (χ3n) is 4.44. The summed E-state index contributed by atoms with van der Waals surface area (Å²) >= 11 is 0. The number of hydrogen-bond acceptors (Lipinski definition) is 3. The van der Waals surface area contributed by atoms with Gasteiger partial charge in [-0.1, -0.05) is 19.4 Å². The highest BCUT2D eigenvalue weighted by Gasteiger charge is 2.25. The number of fused-ring (bicyclic) bond motifs is 1. The fourth-order valence-electron chi connectivity index (χ4n) is 2.99. The van der Waals surface area contributed by atoms with Gasteiger partial charge in [-0.15, -0.1) is 0 Å². The first-order valence-corrected chi connectivity index (χ1v) is 8.87. The fourth-order valence-corrected chi connectivity index (χ4v) is 2.99. The molecule has 3 nitrogen and oxygen atoms in total. The minimum Gasteiger partial charge on any atom is -0.423 e. The van der Waals surface area contributed by atoms with Crippen LogP contribution in [-0.2, 0) is 6.42 Å². The summed E-state index contributed by atoms with van der Waals surface area (Å²) in [6.07, 6.45) is 2.23. The van der Waals surface area contributed by atoms with E-state index in [1.807, 2.05) is 6.92 Å². The summed E-state index contributed by atoms with van der Waals surface area (Å²) < 4.78 is 62.2. The monoisotopic (exact) mass is 401 g/mol. The van der Waals surface area contributed by atoms with Crippen LogP contribution in [0.2, 0.25) is 0 Å². The fraction of sp³-hybridized carbons (Fsp3) is 0.182. The Morgan fingerprint density at radius 2 is 1.79 bits per heavy atom. The third-order valence-corrected chi connectivity index (χ3v) is 4.44. The van der Waals surface area contributed by atoms with Crippen LogP contribution >= 0.6 is 0 Å². The number of rotatable bonds is 5. The summed E-state index contributed by atoms with van der Waals surface area (Å²) in [5.74, 6) is -6.27. The Balaban J connectivity index is 2.01. The number of hydrogen-bond donors (Lipinski definition) is 0. The maximum Gasteiger partial charge on any atom is 0.349 e. The molecule has 0 fully saturated rings. The average Bonchev–Trinajstić information content (AvgIpc) is 2.65. The van der Waals surface area contributed by atoms with Crippen LogP contribution in [0.25, 0.3) is 10.8 Å². The molecule has 0 spiro atoms. The Labute approximate surface area is 164 Å². The smallest absolute Gasteiger partial charge is 0.349 e. The largest absolute Gasteiger partial charge is 0.423 e. The molecular weight excluding hydrogens is 386 g/mol. The van der Waals surface area contributed by atoms with Crippen molar-refractivity contribution in [3.8, 4) is 11.8 Å². The lowest BCUT2D eigenvalue weighted by atomic mass is 9.99. The van der Waals surface area contributed by atoms with Crippen molar-refractivity contribution >= 4 is 16.7 Å². The molecule has 0 aromatic heterocycles. The summed E-state index contributed by atoms with van der Waals surface area (Å²) in [5, 5.41) is 8.17. The predicted octanol–water partition coefficient (Wildman–Crippen LogP) is 5.83. The normalized spacial score (nSPS) is 10.8. The highest BCUT2D eigenvalue weighted by Crippen LogP contribution is 2.29. The molecule has 0 saturated heterocycles. The molecule has 3 aromatic carbocycles. The van der Waals surface area contributed by atoms with Gasteiger partial charge in [-0.25, -0.2) is 22.4 Å². The van der Waals surface area contributed by atoms with Crippen molar-refractivity contribution in [3.05, 3.63) is 76.4 Å². The quantitative estimate of drug-likeness (QED) is 0.307. The minimum absolute atomic E-state index is 0.00734. The molecule has 29 heavy (non-hydrogen) atoms. The number of benzene rings is 3. The van der Waals surface area contributed by atoms with E-state index in [9.17, 15) is 22.4 Å². The Kier molecular flexibility index (Phi) is 5.83. The molecule has 0 heterocycles. The number of halogens is 4. The molecule has 3 aromatic rings. The summed E-state index contributed by atoms with van der Waals surface area (Å²) in [6, 6.07) is 8.00. The number of carbonyl (C=O) groups is 1. The predicted molar refractivity (Wildman–Crippen MR) is 98.5 cm³/mol. The van der Waals surface area contributed by atoms with Gasteiger partial charge in [0.25, 0.3) is 0 Å². The van der Waals surface area contributed by atoms with Crippen molar-refractivity contribution in [2.24, 2.45) is 0 Å². The third kappa shape index (κ3) is 4.06. The van der Waals surface area contributed by atoms with Crippen molar-refractivity contribution in [1.82, 2.24) is 0 Å². The molecule has 0 amide bonds. The van der Waals surface area contributed by atoms with E-state index < -0.39 is 40.2 Å². The maximum absolute atomic E-state index is 14.8. The van der Waals surface area contributed by atoms with Crippen LogP contribution < -0.4 is 4.74 Å². The highest BCUT2D eigenvalue weighted by atomic mass is 19.1. The van der Waals surface area contributed by atoms with Gasteiger partial charge in [0.15, 0.2) is 5.82 Å². The number of carbonyl (C=O) groups excluding carboxylic acids is 1. The van der Waals surface area contributed by atoms with E-state index in [0.717, 1.165) is 43.2 Å². The number of ether oxygens (including phenoxy) is 1. The first kappa shape index (κ1) is 20.3. The second-order valence-corrected chi connectivity index (χ2v) is 6.47. The lowest BCUT2D eigenvalue weighted by Crippen LogP contribution is -2.14. The van der Waals surface area contributed by atoms with Gasteiger partial charge >= 0.3 is 5.97 Å². The van der Waals surface area contributed by atoms with Crippen molar-refractivity contribution in [2.75, 3.05) is 0 Å². The van der Waals surface area contributed by atoms with Gasteiger partial charge in [0.1, 0.15) is 34.8 Å². The molecule has 0 aliphatic heterocycles.